The maximum absolute atomic E-state index is 11.0. The van der Waals surface area contributed by atoms with E-state index in [1.807, 2.05) is 0 Å². The number of cyclic esters (lactones) is 1. The summed E-state index contributed by atoms with van der Waals surface area (Å²) in [5.41, 5.74) is 0.952. The van der Waals surface area contributed by atoms with E-state index in [9.17, 15) is 9.59 Å². The standard InChI is InChI=1S/C9H4O3/c10-5-8-6-3-1-2-4-7(6)9(11)12-8/h1-4H. The second kappa shape index (κ2) is 2.32. The Morgan fingerprint density at radius 3 is 2.50 bits per heavy atom. The van der Waals surface area contributed by atoms with Gasteiger partial charge < -0.3 is 4.74 Å². The Kier molecular flexibility index (Phi) is 1.32. The molecule has 1 aromatic rings. The summed E-state index contributed by atoms with van der Waals surface area (Å²) in [6.45, 7) is 0. The van der Waals surface area contributed by atoms with Crippen molar-refractivity contribution in [3.8, 4) is 0 Å². The Labute approximate surface area is 68.3 Å². The molecule has 58 valence electrons. The average Bonchev–Trinajstić information content (AvgIpc) is 2.44. The molecule has 1 heterocycles. The summed E-state index contributed by atoms with van der Waals surface area (Å²) < 4.78 is 4.64. The summed E-state index contributed by atoms with van der Waals surface area (Å²) in [7, 11) is 0. The lowest BCUT2D eigenvalue weighted by molar-refractivity contribution is 0.0717. The van der Waals surface area contributed by atoms with Crippen molar-refractivity contribution < 1.29 is 14.3 Å². The molecule has 0 spiro atoms. The van der Waals surface area contributed by atoms with Crippen LogP contribution < -0.4 is 0 Å². The first-order valence-electron chi connectivity index (χ1n) is 3.39. The smallest absolute Gasteiger partial charge is 0.345 e. The van der Waals surface area contributed by atoms with Crippen LogP contribution in [0.5, 0.6) is 0 Å². The maximum atomic E-state index is 11.0. The van der Waals surface area contributed by atoms with Crippen molar-refractivity contribution in [2.45, 2.75) is 0 Å². The lowest BCUT2D eigenvalue weighted by atomic mass is 10.1. The first-order chi connectivity index (χ1) is 5.83. The van der Waals surface area contributed by atoms with Crippen LogP contribution in [0.3, 0.4) is 0 Å². The third kappa shape index (κ3) is 0.775. The Balaban J connectivity index is 2.73. The van der Waals surface area contributed by atoms with Crippen LogP contribution in [0.25, 0.3) is 5.76 Å². The minimum Gasteiger partial charge on any atom is -0.410 e. The Bertz CT molecular complexity index is 400. The lowest BCUT2D eigenvalue weighted by Gasteiger charge is -1.88. The van der Waals surface area contributed by atoms with Crippen molar-refractivity contribution in [1.82, 2.24) is 0 Å². The van der Waals surface area contributed by atoms with Gasteiger partial charge in [-0.1, -0.05) is 12.1 Å². The molecule has 1 aliphatic rings. The Hall–Kier alpha value is -1.86. The molecule has 0 saturated carbocycles. The SMILES string of the molecule is O=C=C1OC(=O)c2ccccc21. The molecule has 0 bridgehead atoms. The highest BCUT2D eigenvalue weighted by Crippen LogP contribution is 2.26. The minimum absolute atomic E-state index is 0.0180. The normalized spacial score (nSPS) is 13.7. The number of hydrogen-bond acceptors (Lipinski definition) is 3. The Morgan fingerprint density at radius 1 is 1.17 bits per heavy atom. The van der Waals surface area contributed by atoms with E-state index in [2.05, 4.69) is 4.74 Å². The van der Waals surface area contributed by atoms with Crippen LogP contribution in [0.2, 0.25) is 0 Å². The minimum atomic E-state index is -0.482. The van der Waals surface area contributed by atoms with Gasteiger partial charge >= 0.3 is 5.97 Å². The van der Waals surface area contributed by atoms with Crippen LogP contribution in [0.1, 0.15) is 15.9 Å². The topological polar surface area (TPSA) is 43.4 Å². The summed E-state index contributed by atoms with van der Waals surface area (Å²) in [5, 5.41) is 0. The van der Waals surface area contributed by atoms with Crippen molar-refractivity contribution >= 4 is 17.7 Å². The number of carbonyl (C=O) groups excluding carboxylic acids is 2. The molecule has 1 aliphatic heterocycles. The number of carbonyl (C=O) groups is 1. The second-order valence-corrected chi connectivity index (χ2v) is 2.37. The predicted octanol–water partition coefficient (Wildman–Crippen LogP) is 1.03. The quantitative estimate of drug-likeness (QED) is 0.420. The number of esters is 1. The van der Waals surface area contributed by atoms with Crippen LogP contribution >= 0.6 is 0 Å². The summed E-state index contributed by atoms with van der Waals surface area (Å²) in [6, 6.07) is 6.72. The van der Waals surface area contributed by atoms with Crippen LogP contribution in [-0.4, -0.2) is 11.9 Å². The Morgan fingerprint density at radius 2 is 1.83 bits per heavy atom. The fraction of sp³-hybridized carbons (Fsp3) is 0. The van der Waals surface area contributed by atoms with Gasteiger partial charge in [0.05, 0.1) is 5.56 Å². The van der Waals surface area contributed by atoms with E-state index in [-0.39, 0.29) is 5.76 Å². The van der Waals surface area contributed by atoms with Crippen molar-refractivity contribution in [3.63, 3.8) is 0 Å². The van der Waals surface area contributed by atoms with E-state index in [0.717, 1.165) is 0 Å². The number of hydrogen-bond donors (Lipinski definition) is 0. The molecule has 0 atom stereocenters. The van der Waals surface area contributed by atoms with Gasteiger partial charge in [-0.15, -0.1) is 0 Å². The molecule has 12 heavy (non-hydrogen) atoms. The molecule has 3 nitrogen and oxygen atoms in total. The highest BCUT2D eigenvalue weighted by molar-refractivity contribution is 6.07. The third-order valence-electron chi connectivity index (χ3n) is 1.68. The molecule has 0 N–H and O–H groups in total. The molecular weight excluding hydrogens is 156 g/mol. The highest BCUT2D eigenvalue weighted by atomic mass is 16.5. The number of fused-ring (bicyclic) bond motifs is 1. The molecule has 0 saturated heterocycles. The van der Waals surface area contributed by atoms with Gasteiger partial charge in [-0.05, 0) is 12.1 Å². The van der Waals surface area contributed by atoms with Crippen molar-refractivity contribution in [2.24, 2.45) is 0 Å². The number of benzene rings is 1. The van der Waals surface area contributed by atoms with Gasteiger partial charge in [0.2, 0.25) is 5.76 Å². The van der Waals surface area contributed by atoms with Crippen molar-refractivity contribution in [3.05, 3.63) is 35.4 Å². The van der Waals surface area contributed by atoms with Crippen LogP contribution in [0.4, 0.5) is 0 Å². The van der Waals surface area contributed by atoms with Gasteiger partial charge in [0.1, 0.15) is 0 Å². The molecule has 2 rings (SSSR count). The molecule has 0 aliphatic carbocycles. The lowest BCUT2D eigenvalue weighted by Crippen LogP contribution is -1.92. The average molecular weight is 160 g/mol. The van der Waals surface area contributed by atoms with Gasteiger partial charge in [0.25, 0.3) is 0 Å². The summed E-state index contributed by atoms with van der Waals surface area (Å²) in [6.07, 6.45) is 0. The van der Waals surface area contributed by atoms with Crippen molar-refractivity contribution in [1.29, 1.82) is 0 Å². The van der Waals surface area contributed by atoms with E-state index < -0.39 is 5.97 Å². The predicted molar refractivity (Wildman–Crippen MR) is 41.0 cm³/mol. The van der Waals surface area contributed by atoms with E-state index in [0.29, 0.717) is 11.1 Å². The monoisotopic (exact) mass is 160 g/mol. The first-order valence-corrected chi connectivity index (χ1v) is 3.39. The van der Waals surface area contributed by atoms with E-state index in [1.54, 1.807) is 30.2 Å². The zero-order valence-corrected chi connectivity index (χ0v) is 6.03. The van der Waals surface area contributed by atoms with Crippen molar-refractivity contribution in [2.75, 3.05) is 0 Å². The molecule has 3 heteroatoms. The summed E-state index contributed by atoms with van der Waals surface area (Å²) >= 11 is 0. The number of ether oxygens (including phenoxy) is 1. The van der Waals surface area contributed by atoms with Gasteiger partial charge in [-0.25, -0.2) is 9.59 Å². The van der Waals surface area contributed by atoms with Crippen LogP contribution in [-0.2, 0) is 9.53 Å². The van der Waals surface area contributed by atoms with Gasteiger partial charge in [0.15, 0.2) is 5.94 Å². The zero-order valence-electron chi connectivity index (χ0n) is 6.03. The summed E-state index contributed by atoms with van der Waals surface area (Å²) in [5.74, 6) is 1.07. The molecular formula is C9H4O3. The van der Waals surface area contributed by atoms with Crippen LogP contribution in [0, 0.1) is 0 Å². The van der Waals surface area contributed by atoms with E-state index >= 15 is 0 Å². The van der Waals surface area contributed by atoms with E-state index in [1.165, 1.54) is 0 Å². The molecule has 0 radical (unpaired) electrons. The summed E-state index contributed by atoms with van der Waals surface area (Å²) in [4.78, 5) is 21.3. The zero-order chi connectivity index (χ0) is 8.55. The largest absolute Gasteiger partial charge is 0.410 e. The second-order valence-electron chi connectivity index (χ2n) is 2.37. The molecule has 0 amide bonds. The first kappa shape index (κ1) is 6.83. The fourth-order valence-electron chi connectivity index (χ4n) is 1.14. The van der Waals surface area contributed by atoms with E-state index in [4.69, 9.17) is 0 Å². The number of rotatable bonds is 0. The molecule has 0 fully saturated rings. The highest BCUT2D eigenvalue weighted by Gasteiger charge is 2.26. The molecule has 1 aromatic carbocycles. The van der Waals surface area contributed by atoms with Crippen LogP contribution in [0.15, 0.2) is 24.3 Å². The van der Waals surface area contributed by atoms with Gasteiger partial charge in [-0.3, -0.25) is 0 Å². The molecule has 0 unspecified atom stereocenters. The third-order valence-corrected chi connectivity index (χ3v) is 1.68. The fourth-order valence-corrected chi connectivity index (χ4v) is 1.14. The van der Waals surface area contributed by atoms with Gasteiger partial charge in [0, 0.05) is 5.56 Å². The maximum Gasteiger partial charge on any atom is 0.345 e. The molecule has 0 aromatic heterocycles. The van der Waals surface area contributed by atoms with Gasteiger partial charge in [-0.2, -0.15) is 0 Å².